The Hall–Kier alpha value is -2.28. The molecule has 2 atom stereocenters. The number of nitrogens with zero attached hydrogens (tertiary/aromatic N) is 1. The summed E-state index contributed by atoms with van der Waals surface area (Å²) in [5.74, 6) is 2.32. The maximum atomic E-state index is 10.6. The molecule has 0 bridgehead atoms. The van der Waals surface area contributed by atoms with Gasteiger partial charge >= 0.3 is 0 Å². The van der Waals surface area contributed by atoms with E-state index in [9.17, 15) is 5.11 Å². The van der Waals surface area contributed by atoms with Crippen molar-refractivity contribution in [2.45, 2.75) is 31.6 Å². The first-order valence-corrected chi connectivity index (χ1v) is 10.1. The maximum absolute atomic E-state index is 10.6. The van der Waals surface area contributed by atoms with Crippen LogP contribution in [-0.2, 0) is 11.3 Å². The Labute approximate surface area is 173 Å². The number of ether oxygens (including phenoxy) is 4. The molecule has 6 heteroatoms. The van der Waals surface area contributed by atoms with Crippen molar-refractivity contribution in [3.63, 3.8) is 0 Å². The number of rotatable bonds is 11. The van der Waals surface area contributed by atoms with Crippen molar-refractivity contribution in [2.24, 2.45) is 0 Å². The molecule has 0 amide bonds. The Morgan fingerprint density at radius 3 is 2.52 bits per heavy atom. The number of aliphatic hydroxyl groups excluding tert-OH is 1. The van der Waals surface area contributed by atoms with Crippen molar-refractivity contribution < 1.29 is 24.1 Å². The van der Waals surface area contributed by atoms with Gasteiger partial charge in [0.05, 0.1) is 20.3 Å². The summed E-state index contributed by atoms with van der Waals surface area (Å²) in [6.07, 6.45) is 1.77. The van der Waals surface area contributed by atoms with Crippen LogP contribution in [0.1, 0.15) is 18.4 Å². The van der Waals surface area contributed by atoms with Crippen molar-refractivity contribution in [1.29, 1.82) is 0 Å². The second-order valence-electron chi connectivity index (χ2n) is 7.32. The van der Waals surface area contributed by atoms with E-state index in [4.69, 9.17) is 18.9 Å². The molecule has 0 spiro atoms. The number of methoxy groups -OCH3 is 2. The standard InChI is InChI=1S/C23H31NO5/c1-26-20-8-10-21(11-9-20)29-17-19(25)15-24(16-23-7-4-12-28-23)14-18-5-3-6-22(13-18)27-2/h3,5-6,8-11,13,19,23,25H,4,7,12,14-17H2,1-2H3/t19-,23-/m0/s1. The molecule has 1 aliphatic heterocycles. The van der Waals surface area contributed by atoms with Crippen LogP contribution in [0.4, 0.5) is 0 Å². The third-order valence-corrected chi connectivity index (χ3v) is 5.00. The van der Waals surface area contributed by atoms with Gasteiger partial charge in [-0.25, -0.2) is 0 Å². The van der Waals surface area contributed by atoms with Gasteiger partial charge in [0.25, 0.3) is 0 Å². The lowest BCUT2D eigenvalue weighted by Gasteiger charge is -2.27. The Kier molecular flexibility index (Phi) is 8.16. The molecule has 2 aromatic rings. The van der Waals surface area contributed by atoms with E-state index < -0.39 is 6.10 Å². The van der Waals surface area contributed by atoms with Gasteiger partial charge in [-0.15, -0.1) is 0 Å². The average molecular weight is 402 g/mol. The molecule has 0 saturated carbocycles. The van der Waals surface area contributed by atoms with Crippen molar-refractivity contribution in [2.75, 3.05) is 40.5 Å². The van der Waals surface area contributed by atoms with E-state index in [1.807, 2.05) is 42.5 Å². The van der Waals surface area contributed by atoms with E-state index in [1.165, 1.54) is 0 Å². The van der Waals surface area contributed by atoms with Gasteiger partial charge in [-0.2, -0.15) is 0 Å². The van der Waals surface area contributed by atoms with Crippen LogP contribution in [0.5, 0.6) is 17.2 Å². The molecule has 0 aromatic heterocycles. The summed E-state index contributed by atoms with van der Waals surface area (Å²) in [4.78, 5) is 2.23. The Morgan fingerprint density at radius 2 is 1.83 bits per heavy atom. The highest BCUT2D eigenvalue weighted by molar-refractivity contribution is 5.31. The van der Waals surface area contributed by atoms with Gasteiger partial charge in [0.1, 0.15) is 30.0 Å². The molecule has 2 aromatic carbocycles. The highest BCUT2D eigenvalue weighted by Gasteiger charge is 2.21. The molecule has 1 saturated heterocycles. The van der Waals surface area contributed by atoms with E-state index in [2.05, 4.69) is 11.0 Å². The van der Waals surface area contributed by atoms with Gasteiger partial charge in [-0.1, -0.05) is 12.1 Å². The molecule has 29 heavy (non-hydrogen) atoms. The lowest BCUT2D eigenvalue weighted by Crippen LogP contribution is -2.39. The Morgan fingerprint density at radius 1 is 1.07 bits per heavy atom. The summed E-state index contributed by atoms with van der Waals surface area (Å²) in [6, 6.07) is 15.4. The smallest absolute Gasteiger partial charge is 0.119 e. The Balaban J connectivity index is 1.56. The van der Waals surface area contributed by atoms with Crippen LogP contribution >= 0.6 is 0 Å². The monoisotopic (exact) mass is 401 g/mol. The van der Waals surface area contributed by atoms with Crippen molar-refractivity contribution >= 4 is 0 Å². The lowest BCUT2D eigenvalue weighted by molar-refractivity contribution is 0.0313. The number of benzene rings is 2. The fourth-order valence-electron chi connectivity index (χ4n) is 3.52. The van der Waals surface area contributed by atoms with Crippen LogP contribution < -0.4 is 14.2 Å². The van der Waals surface area contributed by atoms with Gasteiger partial charge in [0.15, 0.2) is 0 Å². The van der Waals surface area contributed by atoms with Crippen molar-refractivity contribution in [3.8, 4) is 17.2 Å². The van der Waals surface area contributed by atoms with Gasteiger partial charge in [0.2, 0.25) is 0 Å². The summed E-state index contributed by atoms with van der Waals surface area (Å²) in [7, 11) is 3.30. The van der Waals surface area contributed by atoms with Crippen molar-refractivity contribution in [3.05, 3.63) is 54.1 Å². The molecule has 1 N–H and O–H groups in total. The fourth-order valence-corrected chi connectivity index (χ4v) is 3.52. The SMILES string of the molecule is COc1ccc(OC[C@@H](O)CN(Cc2cccc(OC)c2)C[C@@H]2CCCO2)cc1. The van der Waals surface area contributed by atoms with Crippen LogP contribution in [0, 0.1) is 0 Å². The van der Waals surface area contributed by atoms with Crippen LogP contribution in [0.2, 0.25) is 0 Å². The van der Waals surface area contributed by atoms with Gasteiger partial charge in [-0.05, 0) is 54.8 Å². The molecular weight excluding hydrogens is 370 g/mol. The number of aliphatic hydroxyl groups is 1. The lowest BCUT2D eigenvalue weighted by atomic mass is 10.1. The zero-order valence-corrected chi connectivity index (χ0v) is 17.3. The molecule has 1 aliphatic rings. The van der Waals surface area contributed by atoms with E-state index >= 15 is 0 Å². The summed E-state index contributed by atoms with van der Waals surface area (Å²) >= 11 is 0. The number of hydrogen-bond acceptors (Lipinski definition) is 6. The second kappa shape index (κ2) is 11.0. The van der Waals surface area contributed by atoms with E-state index in [1.54, 1.807) is 14.2 Å². The van der Waals surface area contributed by atoms with Gasteiger partial charge in [0, 0.05) is 26.2 Å². The first-order chi connectivity index (χ1) is 14.2. The molecule has 3 rings (SSSR count). The molecule has 158 valence electrons. The highest BCUT2D eigenvalue weighted by Crippen LogP contribution is 2.19. The highest BCUT2D eigenvalue weighted by atomic mass is 16.5. The largest absolute Gasteiger partial charge is 0.497 e. The Bertz CT molecular complexity index is 730. The topological polar surface area (TPSA) is 60.4 Å². The molecule has 0 radical (unpaired) electrons. The molecule has 1 heterocycles. The van der Waals surface area contributed by atoms with Crippen LogP contribution in [0.25, 0.3) is 0 Å². The summed E-state index contributed by atoms with van der Waals surface area (Å²) in [5.41, 5.74) is 1.14. The van der Waals surface area contributed by atoms with E-state index in [0.717, 1.165) is 49.6 Å². The third kappa shape index (κ3) is 6.92. The quantitative estimate of drug-likeness (QED) is 0.624. The van der Waals surface area contributed by atoms with E-state index in [-0.39, 0.29) is 12.7 Å². The van der Waals surface area contributed by atoms with Crippen LogP contribution in [-0.4, -0.2) is 62.7 Å². The maximum Gasteiger partial charge on any atom is 0.119 e. The van der Waals surface area contributed by atoms with Gasteiger partial charge < -0.3 is 24.1 Å². The first-order valence-electron chi connectivity index (χ1n) is 10.1. The predicted molar refractivity (Wildman–Crippen MR) is 112 cm³/mol. The third-order valence-electron chi connectivity index (χ3n) is 5.00. The van der Waals surface area contributed by atoms with Gasteiger partial charge in [-0.3, -0.25) is 4.90 Å². The summed E-state index contributed by atoms with van der Waals surface area (Å²) < 4.78 is 22.0. The molecule has 6 nitrogen and oxygen atoms in total. The number of hydrogen-bond donors (Lipinski definition) is 1. The van der Waals surface area contributed by atoms with Crippen molar-refractivity contribution in [1.82, 2.24) is 4.90 Å². The normalized spacial score (nSPS) is 17.3. The van der Waals surface area contributed by atoms with Crippen LogP contribution in [0.15, 0.2) is 48.5 Å². The molecule has 1 fully saturated rings. The minimum atomic E-state index is -0.607. The molecule has 0 unspecified atom stereocenters. The summed E-state index contributed by atoms with van der Waals surface area (Å²) in [6.45, 7) is 3.06. The average Bonchev–Trinajstić information content (AvgIpc) is 3.25. The summed E-state index contributed by atoms with van der Waals surface area (Å²) in [5, 5.41) is 10.6. The fraction of sp³-hybridized carbons (Fsp3) is 0.478. The minimum absolute atomic E-state index is 0.218. The molecular formula is C23H31NO5. The minimum Gasteiger partial charge on any atom is -0.497 e. The second-order valence-corrected chi connectivity index (χ2v) is 7.32. The zero-order valence-electron chi connectivity index (χ0n) is 17.3. The van der Waals surface area contributed by atoms with Crippen LogP contribution in [0.3, 0.4) is 0 Å². The molecule has 0 aliphatic carbocycles. The first kappa shape index (κ1) is 21.4. The predicted octanol–water partition coefficient (Wildman–Crippen LogP) is 3.12. The zero-order chi connectivity index (χ0) is 20.5. The van der Waals surface area contributed by atoms with E-state index in [0.29, 0.717) is 12.3 Å².